The van der Waals surface area contributed by atoms with Gasteiger partial charge in [-0.3, -0.25) is 4.79 Å². The molecule has 31 heavy (non-hydrogen) atoms. The number of esters is 1. The zero-order valence-electron chi connectivity index (χ0n) is 19.6. The quantitative estimate of drug-likeness (QED) is 0.480. The maximum Gasteiger partial charge on any atom is 0.314 e. The lowest BCUT2D eigenvalue weighted by Crippen LogP contribution is -2.51. The normalized spacial score (nSPS) is 50.4. The van der Waals surface area contributed by atoms with Gasteiger partial charge >= 0.3 is 5.97 Å². The lowest BCUT2D eigenvalue weighted by molar-refractivity contribution is -0.147. The summed E-state index contributed by atoms with van der Waals surface area (Å²) in [7, 11) is 0. The van der Waals surface area contributed by atoms with E-state index in [9.17, 15) is 15.0 Å². The topological polar surface area (TPSA) is 66.8 Å². The summed E-state index contributed by atoms with van der Waals surface area (Å²) in [6.45, 7) is 8.93. The van der Waals surface area contributed by atoms with E-state index < -0.39 is 0 Å². The van der Waals surface area contributed by atoms with E-state index in [1.165, 1.54) is 12.0 Å². The highest BCUT2D eigenvalue weighted by Gasteiger charge is 2.62. The molecule has 1 aliphatic heterocycles. The van der Waals surface area contributed by atoms with Gasteiger partial charge in [-0.15, -0.1) is 0 Å². The number of ether oxygens (including phenoxy) is 1. The van der Waals surface area contributed by atoms with Crippen molar-refractivity contribution in [3.8, 4) is 0 Å². The van der Waals surface area contributed by atoms with Crippen LogP contribution in [0.25, 0.3) is 0 Å². The minimum absolute atomic E-state index is 0.0631. The molecule has 2 N–H and O–H groups in total. The van der Waals surface area contributed by atoms with Gasteiger partial charge in [0.05, 0.1) is 18.1 Å². The molecule has 10 atom stereocenters. The van der Waals surface area contributed by atoms with E-state index in [0.717, 1.165) is 50.7 Å². The molecule has 0 aromatic carbocycles. The molecule has 4 aliphatic carbocycles. The minimum Gasteiger partial charge on any atom is -0.431 e. The third kappa shape index (κ3) is 3.19. The predicted octanol–water partition coefficient (Wildman–Crippen LogP) is 5.00. The van der Waals surface area contributed by atoms with Crippen molar-refractivity contribution in [1.29, 1.82) is 0 Å². The van der Waals surface area contributed by atoms with Gasteiger partial charge in [-0.25, -0.2) is 0 Å². The molecule has 5 rings (SSSR count). The Labute approximate surface area is 187 Å². The first kappa shape index (κ1) is 21.7. The fourth-order valence-electron chi connectivity index (χ4n) is 8.70. The van der Waals surface area contributed by atoms with E-state index in [2.05, 4.69) is 32.9 Å². The molecule has 0 amide bonds. The smallest absolute Gasteiger partial charge is 0.314 e. The van der Waals surface area contributed by atoms with Crippen LogP contribution in [0.5, 0.6) is 0 Å². The molecule has 3 fully saturated rings. The molecular formula is C27H40O4. The number of aliphatic hydroxyl groups excluding tert-OH is 2. The molecule has 3 saturated carbocycles. The van der Waals surface area contributed by atoms with Gasteiger partial charge in [0, 0.05) is 11.8 Å². The molecule has 172 valence electrons. The van der Waals surface area contributed by atoms with E-state index in [4.69, 9.17) is 4.74 Å². The molecule has 5 aliphatic rings. The zero-order valence-corrected chi connectivity index (χ0v) is 19.6. The number of fused-ring (bicyclic) bond motifs is 5. The number of rotatable bonds is 2. The highest BCUT2D eigenvalue weighted by atomic mass is 16.5. The minimum atomic E-state index is -0.339. The van der Waals surface area contributed by atoms with Crippen LogP contribution in [0.4, 0.5) is 0 Å². The summed E-state index contributed by atoms with van der Waals surface area (Å²) in [5.41, 5.74) is 1.79. The summed E-state index contributed by atoms with van der Waals surface area (Å²) in [6.07, 6.45) is 11.9. The van der Waals surface area contributed by atoms with Gasteiger partial charge in [0.1, 0.15) is 5.76 Å². The van der Waals surface area contributed by atoms with E-state index in [-0.39, 0.29) is 46.8 Å². The predicted molar refractivity (Wildman–Crippen MR) is 120 cm³/mol. The van der Waals surface area contributed by atoms with Gasteiger partial charge in [0.2, 0.25) is 0 Å². The van der Waals surface area contributed by atoms with Crippen LogP contribution in [0.2, 0.25) is 0 Å². The van der Waals surface area contributed by atoms with Crippen LogP contribution in [0.1, 0.15) is 79.1 Å². The van der Waals surface area contributed by atoms with Crippen LogP contribution in [-0.2, 0) is 9.53 Å². The Morgan fingerprint density at radius 2 is 1.87 bits per heavy atom. The molecule has 0 radical (unpaired) electrons. The average Bonchev–Trinajstić information content (AvgIpc) is 3.00. The molecule has 0 spiro atoms. The number of carbonyl (C=O) groups excluding carboxylic acids is 1. The Bertz CT molecular complexity index is 814. The Kier molecular flexibility index (Phi) is 5.21. The molecule has 4 nitrogen and oxygen atoms in total. The largest absolute Gasteiger partial charge is 0.431 e. The van der Waals surface area contributed by atoms with E-state index >= 15 is 0 Å². The third-order valence-corrected chi connectivity index (χ3v) is 10.5. The molecule has 1 unspecified atom stereocenters. The monoisotopic (exact) mass is 428 g/mol. The average molecular weight is 429 g/mol. The number of hydrogen-bond acceptors (Lipinski definition) is 4. The molecule has 0 aromatic heterocycles. The first-order valence-electron chi connectivity index (χ1n) is 12.6. The standard InChI is InChI=1S/C27H40O4/c1-15-5-8-23(31-25(15)30)16(2)24-22(29)14-21-19-7-6-17-13-18(28)9-11-26(17,3)20(19)10-12-27(21,24)4/h6,8,15-16,18-22,24,28-29H,5,7,9-14H2,1-4H3/t15?,16-,18+,19-,20+,21+,22-,24+,26+,27+/m1/s1. The summed E-state index contributed by atoms with van der Waals surface area (Å²) >= 11 is 0. The Morgan fingerprint density at radius 3 is 2.61 bits per heavy atom. The number of hydrogen-bond donors (Lipinski definition) is 2. The van der Waals surface area contributed by atoms with Crippen molar-refractivity contribution in [3.63, 3.8) is 0 Å². The number of carbonyl (C=O) groups is 1. The zero-order chi connectivity index (χ0) is 22.1. The SMILES string of the molecule is CC1CC=C([C@@H](C)[C@H]2[C@H](O)C[C@H]3[C@@H]4CC=C5C[C@@H](O)CC[C@]5(C)[C@H]4CC[C@]23C)OC1=O. The molecule has 0 bridgehead atoms. The van der Waals surface area contributed by atoms with E-state index in [0.29, 0.717) is 17.8 Å². The summed E-state index contributed by atoms with van der Waals surface area (Å²) < 4.78 is 5.73. The first-order valence-corrected chi connectivity index (χ1v) is 12.6. The van der Waals surface area contributed by atoms with Crippen molar-refractivity contribution in [1.82, 2.24) is 0 Å². The highest BCUT2D eigenvalue weighted by molar-refractivity contribution is 5.74. The second kappa shape index (κ2) is 7.45. The second-order valence-electron chi connectivity index (χ2n) is 12.0. The van der Waals surface area contributed by atoms with Gasteiger partial charge in [0.25, 0.3) is 0 Å². The fourth-order valence-corrected chi connectivity index (χ4v) is 8.70. The summed E-state index contributed by atoms with van der Waals surface area (Å²) in [6, 6.07) is 0. The maximum absolute atomic E-state index is 12.2. The molecule has 0 aromatic rings. The van der Waals surface area contributed by atoms with Gasteiger partial charge in [-0.2, -0.15) is 0 Å². The van der Waals surface area contributed by atoms with Crippen molar-refractivity contribution in [2.45, 2.75) is 91.3 Å². The summed E-state index contributed by atoms with van der Waals surface area (Å²) in [4.78, 5) is 12.2. The van der Waals surface area contributed by atoms with Crippen molar-refractivity contribution < 1.29 is 19.7 Å². The number of aliphatic hydroxyl groups is 2. The van der Waals surface area contributed by atoms with Crippen LogP contribution in [0, 0.1) is 46.3 Å². The van der Waals surface area contributed by atoms with Gasteiger partial charge in [-0.1, -0.05) is 39.3 Å². The van der Waals surface area contributed by atoms with Crippen molar-refractivity contribution >= 4 is 5.97 Å². The van der Waals surface area contributed by atoms with Crippen molar-refractivity contribution in [2.75, 3.05) is 0 Å². The van der Waals surface area contributed by atoms with Crippen LogP contribution in [-0.4, -0.2) is 28.4 Å². The molecular weight excluding hydrogens is 388 g/mol. The number of cyclic esters (lactones) is 1. The first-order chi connectivity index (χ1) is 14.6. The Morgan fingerprint density at radius 1 is 1.10 bits per heavy atom. The van der Waals surface area contributed by atoms with Crippen LogP contribution < -0.4 is 0 Å². The van der Waals surface area contributed by atoms with Crippen molar-refractivity contribution in [3.05, 3.63) is 23.5 Å². The summed E-state index contributed by atoms with van der Waals surface area (Å²) in [5.74, 6) is 2.57. The Hall–Kier alpha value is -1.13. The van der Waals surface area contributed by atoms with Crippen LogP contribution >= 0.6 is 0 Å². The Balaban J connectivity index is 1.42. The maximum atomic E-state index is 12.2. The third-order valence-electron chi connectivity index (χ3n) is 10.5. The lowest BCUT2D eigenvalue weighted by atomic mass is 9.47. The molecule has 4 heteroatoms. The summed E-state index contributed by atoms with van der Waals surface area (Å²) in [5, 5.41) is 21.5. The van der Waals surface area contributed by atoms with Crippen LogP contribution in [0.3, 0.4) is 0 Å². The highest BCUT2D eigenvalue weighted by Crippen LogP contribution is 2.67. The van der Waals surface area contributed by atoms with Gasteiger partial charge in [0.15, 0.2) is 0 Å². The molecule has 0 saturated heterocycles. The van der Waals surface area contributed by atoms with Gasteiger partial charge < -0.3 is 14.9 Å². The van der Waals surface area contributed by atoms with Gasteiger partial charge in [-0.05, 0) is 86.0 Å². The van der Waals surface area contributed by atoms with E-state index in [1.807, 2.05) is 6.92 Å². The molecule has 1 heterocycles. The number of allylic oxidation sites excluding steroid dienone is 3. The van der Waals surface area contributed by atoms with Crippen LogP contribution in [0.15, 0.2) is 23.5 Å². The second-order valence-corrected chi connectivity index (χ2v) is 12.0. The van der Waals surface area contributed by atoms with Crippen molar-refractivity contribution in [2.24, 2.45) is 46.3 Å². The fraction of sp³-hybridized carbons (Fsp3) is 0.815. The van der Waals surface area contributed by atoms with E-state index in [1.54, 1.807) is 0 Å². The lowest BCUT2D eigenvalue weighted by Gasteiger charge is -2.58.